The van der Waals surface area contributed by atoms with Crippen LogP contribution in [-0.4, -0.2) is 21.4 Å². The Hall–Kier alpha value is -0.510. The van der Waals surface area contributed by atoms with Gasteiger partial charge in [-0.1, -0.05) is 24.6 Å². The van der Waals surface area contributed by atoms with Gasteiger partial charge < -0.3 is 5.32 Å². The fourth-order valence-electron chi connectivity index (χ4n) is 5.93. The van der Waals surface area contributed by atoms with Crippen LogP contribution in [0, 0.1) is 17.8 Å². The largest absolute Gasteiger partial charge is 0.304 e. The molecule has 2 unspecified atom stereocenters. The number of hydrogen-bond donors (Lipinski definition) is 1. The number of nitrogens with zero attached hydrogens (tertiary/aromatic N) is 1. The predicted octanol–water partition coefficient (Wildman–Crippen LogP) is 3.10. The number of carbonyl (C=O) groups excluding carboxylic acids is 1. The molecule has 5 saturated carbocycles. The third kappa shape index (κ3) is 1.49. The zero-order valence-corrected chi connectivity index (χ0v) is 12.7. The van der Waals surface area contributed by atoms with E-state index in [1.54, 1.807) is 11.8 Å². The molecule has 1 heterocycles. The fraction of sp³-hybridized carbons (Fsp3) is 0.875. The maximum atomic E-state index is 12.3. The number of rotatable bonds is 1. The molecule has 1 saturated heterocycles. The average Bonchev–Trinajstić information content (AvgIpc) is 3.08. The lowest BCUT2D eigenvalue weighted by Crippen LogP contribution is -2.35. The molecule has 108 valence electrons. The molecular formula is C16H22N2OS. The molecule has 0 aromatic carbocycles. The fourth-order valence-corrected chi connectivity index (χ4v) is 7.31. The molecule has 4 atom stereocenters. The Kier molecular flexibility index (Phi) is 2.31. The summed E-state index contributed by atoms with van der Waals surface area (Å²) in [5.74, 6) is 2.92. The second-order valence-corrected chi connectivity index (χ2v) is 9.19. The van der Waals surface area contributed by atoms with Gasteiger partial charge in [0, 0.05) is 0 Å². The highest BCUT2D eigenvalue weighted by atomic mass is 32.2. The molecule has 0 radical (unpaired) electrons. The van der Waals surface area contributed by atoms with Gasteiger partial charge in [0.1, 0.15) is 4.75 Å². The van der Waals surface area contributed by atoms with E-state index in [0.29, 0.717) is 0 Å². The Morgan fingerprint density at radius 3 is 2.50 bits per heavy atom. The van der Waals surface area contributed by atoms with Gasteiger partial charge in [-0.05, 0) is 62.7 Å². The normalized spacial score (nSPS) is 49.7. The van der Waals surface area contributed by atoms with Crippen LogP contribution in [0.25, 0.3) is 0 Å². The minimum Gasteiger partial charge on any atom is -0.304 e. The summed E-state index contributed by atoms with van der Waals surface area (Å²) in [6.07, 6.45) is 11.3. The van der Waals surface area contributed by atoms with Crippen molar-refractivity contribution in [1.29, 1.82) is 0 Å². The molecule has 5 aliphatic carbocycles. The summed E-state index contributed by atoms with van der Waals surface area (Å²) < 4.78 is -0.148. The first-order valence-electron chi connectivity index (χ1n) is 8.28. The first-order chi connectivity index (χ1) is 9.68. The molecule has 3 nitrogen and oxygen atoms in total. The number of carbonyl (C=O) groups is 1. The van der Waals surface area contributed by atoms with E-state index in [0.717, 1.165) is 35.8 Å². The molecule has 4 bridgehead atoms. The molecule has 1 amide bonds. The number of hydrogen-bond acceptors (Lipinski definition) is 3. The topological polar surface area (TPSA) is 41.5 Å². The molecule has 1 N–H and O–H groups in total. The van der Waals surface area contributed by atoms with Crippen LogP contribution < -0.4 is 5.32 Å². The minimum absolute atomic E-state index is 0.148. The smallest absolute Gasteiger partial charge is 0.242 e. The quantitative estimate of drug-likeness (QED) is 0.806. The van der Waals surface area contributed by atoms with Gasteiger partial charge >= 0.3 is 0 Å². The Morgan fingerprint density at radius 2 is 1.80 bits per heavy atom. The maximum absolute atomic E-state index is 12.3. The van der Waals surface area contributed by atoms with E-state index in [1.807, 2.05) is 0 Å². The third-order valence-corrected chi connectivity index (χ3v) is 7.98. The lowest BCUT2D eigenvalue weighted by atomic mass is 9.81. The van der Waals surface area contributed by atoms with Crippen molar-refractivity contribution in [2.24, 2.45) is 22.7 Å². The molecular weight excluding hydrogens is 268 g/mol. The van der Waals surface area contributed by atoms with Crippen LogP contribution in [0.15, 0.2) is 4.99 Å². The lowest BCUT2D eigenvalue weighted by Gasteiger charge is -2.29. The number of thioether (sulfide) groups is 1. The Labute approximate surface area is 124 Å². The van der Waals surface area contributed by atoms with Gasteiger partial charge in [-0.3, -0.25) is 9.79 Å². The van der Waals surface area contributed by atoms with Crippen molar-refractivity contribution < 1.29 is 4.79 Å². The number of amidine groups is 1. The van der Waals surface area contributed by atoms with E-state index in [-0.39, 0.29) is 16.2 Å². The summed E-state index contributed by atoms with van der Waals surface area (Å²) in [7, 11) is 0. The summed E-state index contributed by atoms with van der Waals surface area (Å²) in [5, 5.41) is 4.09. The van der Waals surface area contributed by atoms with Crippen molar-refractivity contribution in [3.05, 3.63) is 0 Å². The first-order valence-corrected chi connectivity index (χ1v) is 9.09. The highest BCUT2D eigenvalue weighted by molar-refractivity contribution is 8.16. The maximum Gasteiger partial charge on any atom is 0.242 e. The third-order valence-electron chi connectivity index (χ3n) is 6.61. The molecule has 6 rings (SSSR count). The van der Waals surface area contributed by atoms with Crippen molar-refractivity contribution in [2.45, 2.75) is 68.1 Å². The minimum atomic E-state index is -0.148. The van der Waals surface area contributed by atoms with Crippen LogP contribution in [0.5, 0.6) is 0 Å². The van der Waals surface area contributed by atoms with Gasteiger partial charge in [-0.2, -0.15) is 0 Å². The van der Waals surface area contributed by atoms with Crippen molar-refractivity contribution in [3.8, 4) is 0 Å². The van der Waals surface area contributed by atoms with Crippen LogP contribution in [0.3, 0.4) is 0 Å². The molecule has 0 aromatic heterocycles. The van der Waals surface area contributed by atoms with Gasteiger partial charge in [-0.15, -0.1) is 0 Å². The van der Waals surface area contributed by atoms with E-state index in [9.17, 15) is 4.79 Å². The van der Waals surface area contributed by atoms with Crippen LogP contribution in [-0.2, 0) is 4.79 Å². The predicted molar refractivity (Wildman–Crippen MR) is 80.7 cm³/mol. The summed E-state index contributed by atoms with van der Waals surface area (Å²) in [6, 6.07) is 0. The second kappa shape index (κ2) is 3.82. The van der Waals surface area contributed by atoms with Gasteiger partial charge in [0.25, 0.3) is 0 Å². The van der Waals surface area contributed by atoms with Crippen LogP contribution in [0.1, 0.15) is 57.8 Å². The summed E-state index contributed by atoms with van der Waals surface area (Å²) in [4.78, 5) is 17.5. The van der Waals surface area contributed by atoms with E-state index in [1.165, 1.54) is 44.9 Å². The van der Waals surface area contributed by atoms with Crippen LogP contribution in [0.2, 0.25) is 0 Å². The summed E-state index contributed by atoms with van der Waals surface area (Å²) in [5.41, 5.74) is 0.216. The highest BCUT2D eigenvalue weighted by Crippen LogP contribution is 2.62. The van der Waals surface area contributed by atoms with E-state index in [4.69, 9.17) is 4.99 Å². The monoisotopic (exact) mass is 290 g/mol. The Balaban J connectivity index is 1.45. The van der Waals surface area contributed by atoms with Crippen LogP contribution >= 0.6 is 11.8 Å². The summed E-state index contributed by atoms with van der Waals surface area (Å²) >= 11 is 1.76. The lowest BCUT2D eigenvalue weighted by molar-refractivity contribution is -0.121. The van der Waals surface area contributed by atoms with E-state index >= 15 is 0 Å². The van der Waals surface area contributed by atoms with Crippen molar-refractivity contribution >= 4 is 22.8 Å². The van der Waals surface area contributed by atoms with Crippen molar-refractivity contribution in [2.75, 3.05) is 0 Å². The first kappa shape index (κ1) is 12.1. The Bertz CT molecular complexity index is 495. The SMILES string of the molecule is O=C1NC(=NC23C[C@@H]4CC2C[C@@H](C4)C3)SC12CCCC2. The molecule has 1 spiro atoms. The summed E-state index contributed by atoms with van der Waals surface area (Å²) in [6.45, 7) is 0. The van der Waals surface area contributed by atoms with Gasteiger partial charge in [0.15, 0.2) is 5.17 Å². The number of amides is 1. The molecule has 6 aliphatic rings. The number of nitrogens with one attached hydrogen (secondary N) is 1. The van der Waals surface area contributed by atoms with Gasteiger partial charge in [0.2, 0.25) is 5.91 Å². The highest BCUT2D eigenvalue weighted by Gasteiger charge is 2.59. The number of aliphatic imine (C=N–C) groups is 1. The average molecular weight is 290 g/mol. The molecule has 20 heavy (non-hydrogen) atoms. The standard InChI is InChI=1S/C16H22N2OS/c19-13-16(3-1-2-4-16)20-14(17-13)18-15-8-10-5-11(9-15)7-12(15)6-10/h10-12H,1-9H2,(H,17,18,19)/t10-,11+,12?,15?. The van der Waals surface area contributed by atoms with Gasteiger partial charge in [0.05, 0.1) is 5.54 Å². The zero-order chi connectivity index (χ0) is 13.4. The molecule has 6 fully saturated rings. The Morgan fingerprint density at radius 1 is 1.10 bits per heavy atom. The van der Waals surface area contributed by atoms with E-state index in [2.05, 4.69) is 5.32 Å². The van der Waals surface area contributed by atoms with E-state index < -0.39 is 0 Å². The molecule has 4 heteroatoms. The molecule has 1 aliphatic heterocycles. The van der Waals surface area contributed by atoms with Crippen molar-refractivity contribution in [1.82, 2.24) is 5.32 Å². The van der Waals surface area contributed by atoms with Crippen molar-refractivity contribution in [3.63, 3.8) is 0 Å². The van der Waals surface area contributed by atoms with Crippen LogP contribution in [0.4, 0.5) is 0 Å². The zero-order valence-electron chi connectivity index (χ0n) is 11.9. The molecule has 0 aromatic rings. The van der Waals surface area contributed by atoms with Gasteiger partial charge in [-0.25, -0.2) is 0 Å². The second-order valence-electron chi connectivity index (χ2n) is 7.82.